The smallest absolute Gasteiger partial charge is 0.220 e. The number of ether oxygens (including phenoxy) is 3. The molecule has 2 fully saturated rings. The first-order valence-corrected chi connectivity index (χ1v) is 11.2. The Hall–Kier alpha value is -2.51. The van der Waals surface area contributed by atoms with E-state index in [-0.39, 0.29) is 23.6 Å². The third kappa shape index (κ3) is 3.88. The molecule has 0 aromatic heterocycles. The van der Waals surface area contributed by atoms with E-state index in [1.54, 1.807) is 30.3 Å². The molecule has 2 atom stereocenters. The van der Waals surface area contributed by atoms with Gasteiger partial charge < -0.3 is 19.1 Å². The van der Waals surface area contributed by atoms with Crippen LogP contribution in [0.3, 0.4) is 0 Å². The average molecular weight is 446 g/mol. The number of piperidine rings is 1. The zero-order valence-corrected chi connectivity index (χ0v) is 18.5. The molecule has 172 valence electrons. The average Bonchev–Trinajstić information content (AvgIpc) is 3.28. The van der Waals surface area contributed by atoms with Crippen LogP contribution in [0.5, 0.6) is 5.75 Å². The molecule has 0 aliphatic carbocycles. The molecular formula is C25H29F2NO4. The van der Waals surface area contributed by atoms with Gasteiger partial charge in [0.05, 0.1) is 13.2 Å². The van der Waals surface area contributed by atoms with E-state index in [1.165, 1.54) is 25.1 Å². The quantitative estimate of drug-likeness (QED) is 0.641. The normalized spacial score (nSPS) is 25.0. The molecule has 5 nitrogen and oxygen atoms in total. The molecule has 2 unspecified atom stereocenters. The minimum absolute atomic E-state index is 0.0941. The van der Waals surface area contributed by atoms with Gasteiger partial charge in [0.1, 0.15) is 17.5 Å². The Morgan fingerprint density at radius 1 is 1.12 bits per heavy atom. The van der Waals surface area contributed by atoms with Gasteiger partial charge in [-0.1, -0.05) is 37.6 Å². The lowest BCUT2D eigenvalue weighted by molar-refractivity contribution is -0.268. The fourth-order valence-corrected chi connectivity index (χ4v) is 5.27. The number of hydrogen-bond donors (Lipinski definition) is 0. The summed E-state index contributed by atoms with van der Waals surface area (Å²) in [6, 6.07) is 12.4. The standard InChI is InChI=1S/C25H29F2NO4/c1-3-13-24(25(30-15-16-31-25)19-8-10-20(26)11-9-19)17-21(12-14-28(24)18(2)29)32-23-7-5-4-6-22(23)27/h4-11,21H,3,12-17H2,1-2H3. The summed E-state index contributed by atoms with van der Waals surface area (Å²) < 4.78 is 46.7. The monoisotopic (exact) mass is 445 g/mol. The fourth-order valence-electron chi connectivity index (χ4n) is 5.27. The van der Waals surface area contributed by atoms with E-state index in [2.05, 4.69) is 0 Å². The first-order valence-electron chi connectivity index (χ1n) is 11.2. The summed E-state index contributed by atoms with van der Waals surface area (Å²) in [7, 11) is 0. The SMILES string of the molecule is CCCC1(C2(c3ccc(F)cc3)OCCO2)CC(Oc2ccccc2F)CCN1C(C)=O. The number of benzene rings is 2. The minimum Gasteiger partial charge on any atom is -0.487 e. The van der Waals surface area contributed by atoms with E-state index in [0.717, 1.165) is 6.42 Å². The number of hydrogen-bond acceptors (Lipinski definition) is 4. The molecule has 1 amide bonds. The maximum absolute atomic E-state index is 14.3. The highest BCUT2D eigenvalue weighted by Gasteiger charge is 2.62. The van der Waals surface area contributed by atoms with Crippen LogP contribution in [0, 0.1) is 11.6 Å². The maximum atomic E-state index is 14.3. The van der Waals surface area contributed by atoms with Gasteiger partial charge in [0, 0.05) is 31.9 Å². The predicted octanol–water partition coefficient (Wildman–Crippen LogP) is 4.79. The lowest BCUT2D eigenvalue weighted by Gasteiger charge is -2.56. The van der Waals surface area contributed by atoms with Gasteiger partial charge in [-0.15, -0.1) is 0 Å². The van der Waals surface area contributed by atoms with Crippen LogP contribution in [-0.2, 0) is 20.1 Å². The fraction of sp³-hybridized carbons (Fsp3) is 0.480. The van der Waals surface area contributed by atoms with E-state index in [9.17, 15) is 13.6 Å². The van der Waals surface area contributed by atoms with Gasteiger partial charge in [0.25, 0.3) is 0 Å². The summed E-state index contributed by atoms with van der Waals surface area (Å²) >= 11 is 0. The van der Waals surface area contributed by atoms with E-state index >= 15 is 0 Å². The molecule has 2 aliphatic heterocycles. The van der Waals surface area contributed by atoms with Gasteiger partial charge in [0.15, 0.2) is 11.6 Å². The van der Waals surface area contributed by atoms with Crippen LogP contribution in [0.4, 0.5) is 8.78 Å². The van der Waals surface area contributed by atoms with Crippen molar-refractivity contribution in [1.29, 1.82) is 0 Å². The highest BCUT2D eigenvalue weighted by molar-refractivity contribution is 5.74. The van der Waals surface area contributed by atoms with Gasteiger partial charge in [-0.05, 0) is 30.7 Å². The molecule has 2 aromatic rings. The molecule has 2 saturated heterocycles. The zero-order chi connectivity index (χ0) is 22.8. The number of carbonyl (C=O) groups is 1. The first-order chi connectivity index (χ1) is 15.4. The van der Waals surface area contributed by atoms with Crippen LogP contribution < -0.4 is 4.74 Å². The number of likely N-dealkylation sites (tertiary alicyclic amines) is 1. The molecule has 2 heterocycles. The minimum atomic E-state index is -1.26. The molecular weight excluding hydrogens is 416 g/mol. The second-order valence-corrected chi connectivity index (χ2v) is 8.44. The van der Waals surface area contributed by atoms with E-state index < -0.39 is 17.1 Å². The second kappa shape index (κ2) is 9.16. The molecule has 7 heteroatoms. The lowest BCUT2D eigenvalue weighted by Crippen LogP contribution is -2.68. The van der Waals surface area contributed by atoms with E-state index in [1.807, 2.05) is 11.8 Å². The van der Waals surface area contributed by atoms with Crippen LogP contribution in [0.1, 0.15) is 45.1 Å². The van der Waals surface area contributed by atoms with E-state index in [0.29, 0.717) is 44.6 Å². The highest BCUT2D eigenvalue weighted by Crippen LogP contribution is 2.52. The van der Waals surface area contributed by atoms with Crippen molar-refractivity contribution in [1.82, 2.24) is 4.90 Å². The zero-order valence-electron chi connectivity index (χ0n) is 18.5. The third-order valence-corrected chi connectivity index (χ3v) is 6.46. The molecule has 2 aromatic carbocycles. The molecule has 2 aliphatic rings. The van der Waals surface area contributed by atoms with Gasteiger partial charge in [-0.2, -0.15) is 0 Å². The maximum Gasteiger partial charge on any atom is 0.220 e. The van der Waals surface area contributed by atoms with Crippen LogP contribution in [0.25, 0.3) is 0 Å². The summed E-state index contributed by atoms with van der Waals surface area (Å²) in [5.74, 6) is -1.96. The number of halogens is 2. The van der Waals surface area contributed by atoms with Crippen molar-refractivity contribution in [2.45, 2.75) is 57.0 Å². The topological polar surface area (TPSA) is 48.0 Å². The van der Waals surface area contributed by atoms with Crippen molar-refractivity contribution in [3.8, 4) is 5.75 Å². The van der Waals surface area contributed by atoms with Crippen LogP contribution >= 0.6 is 0 Å². The highest BCUT2D eigenvalue weighted by atomic mass is 19.1. The molecule has 0 N–H and O–H groups in total. The van der Waals surface area contributed by atoms with Crippen molar-refractivity contribution < 1.29 is 27.8 Å². The number of para-hydroxylation sites is 1. The number of amides is 1. The second-order valence-electron chi connectivity index (χ2n) is 8.44. The number of carbonyl (C=O) groups excluding carboxylic acids is 1. The van der Waals surface area contributed by atoms with Gasteiger partial charge in [-0.25, -0.2) is 8.78 Å². The Morgan fingerprint density at radius 3 is 2.44 bits per heavy atom. The lowest BCUT2D eigenvalue weighted by atomic mass is 9.72. The molecule has 32 heavy (non-hydrogen) atoms. The van der Waals surface area contributed by atoms with Crippen molar-refractivity contribution in [3.05, 3.63) is 65.7 Å². The third-order valence-electron chi connectivity index (χ3n) is 6.46. The molecule has 0 spiro atoms. The Labute approximate surface area is 187 Å². The molecule has 0 bridgehead atoms. The number of rotatable bonds is 6. The Bertz CT molecular complexity index is 945. The predicted molar refractivity (Wildman–Crippen MR) is 115 cm³/mol. The Kier molecular flexibility index (Phi) is 6.49. The van der Waals surface area contributed by atoms with Crippen LogP contribution in [0.15, 0.2) is 48.5 Å². The summed E-state index contributed by atoms with van der Waals surface area (Å²) in [5.41, 5.74) is -0.238. The van der Waals surface area contributed by atoms with Crippen molar-refractivity contribution in [3.63, 3.8) is 0 Å². The van der Waals surface area contributed by atoms with Crippen molar-refractivity contribution >= 4 is 5.91 Å². The first kappa shape index (κ1) is 22.7. The van der Waals surface area contributed by atoms with Gasteiger partial charge in [0.2, 0.25) is 11.7 Å². The molecule has 0 radical (unpaired) electrons. The summed E-state index contributed by atoms with van der Waals surface area (Å²) in [4.78, 5) is 14.7. The van der Waals surface area contributed by atoms with Crippen LogP contribution in [0.2, 0.25) is 0 Å². The number of nitrogens with zero attached hydrogens (tertiary/aromatic N) is 1. The largest absolute Gasteiger partial charge is 0.487 e. The summed E-state index contributed by atoms with van der Waals surface area (Å²) in [6.07, 6.45) is 1.94. The summed E-state index contributed by atoms with van der Waals surface area (Å²) in [5, 5.41) is 0. The molecule has 4 rings (SSSR count). The van der Waals surface area contributed by atoms with Gasteiger partial charge >= 0.3 is 0 Å². The van der Waals surface area contributed by atoms with Crippen LogP contribution in [-0.4, -0.2) is 42.2 Å². The van der Waals surface area contributed by atoms with Gasteiger partial charge in [-0.3, -0.25) is 4.79 Å². The van der Waals surface area contributed by atoms with E-state index in [4.69, 9.17) is 14.2 Å². The summed E-state index contributed by atoms with van der Waals surface area (Å²) in [6.45, 7) is 4.70. The Morgan fingerprint density at radius 2 is 1.81 bits per heavy atom. The van der Waals surface area contributed by atoms with Crippen molar-refractivity contribution in [2.24, 2.45) is 0 Å². The Balaban J connectivity index is 1.79. The van der Waals surface area contributed by atoms with Crippen molar-refractivity contribution in [2.75, 3.05) is 19.8 Å². The molecule has 0 saturated carbocycles.